The van der Waals surface area contributed by atoms with E-state index in [4.69, 9.17) is 9.84 Å². The molecule has 72 valence electrons. The zero-order chi connectivity index (χ0) is 8.97. The van der Waals surface area contributed by atoms with Crippen molar-refractivity contribution in [1.29, 1.82) is 0 Å². The van der Waals surface area contributed by atoms with Gasteiger partial charge < -0.3 is 15.2 Å². The third-order valence-corrected chi connectivity index (χ3v) is 2.14. The Bertz CT molecular complexity index is 120. The molecule has 2 atom stereocenters. The van der Waals surface area contributed by atoms with Crippen molar-refractivity contribution in [2.24, 2.45) is 0 Å². The molecule has 0 unspecified atom stereocenters. The monoisotopic (exact) mass is 173 g/mol. The lowest BCUT2D eigenvalue weighted by molar-refractivity contribution is -0.0328. The van der Waals surface area contributed by atoms with Gasteiger partial charge in [-0.15, -0.1) is 0 Å². The van der Waals surface area contributed by atoms with E-state index in [1.54, 1.807) is 0 Å². The fourth-order valence-electron chi connectivity index (χ4n) is 1.55. The van der Waals surface area contributed by atoms with Gasteiger partial charge in [0.1, 0.15) is 0 Å². The first-order chi connectivity index (χ1) is 5.72. The molecule has 0 radical (unpaired) electrons. The maximum Gasteiger partial charge on any atom is 0.0807 e. The molecule has 12 heavy (non-hydrogen) atoms. The summed E-state index contributed by atoms with van der Waals surface area (Å²) in [5, 5.41) is 12.2. The fraction of sp³-hybridized carbons (Fsp3) is 1.00. The average molecular weight is 173 g/mol. The molecule has 0 spiro atoms. The van der Waals surface area contributed by atoms with Crippen LogP contribution in [0.5, 0.6) is 0 Å². The minimum atomic E-state index is 0.0789. The number of ether oxygens (including phenoxy) is 1. The Morgan fingerprint density at radius 2 is 2.25 bits per heavy atom. The first-order valence-corrected chi connectivity index (χ1v) is 4.71. The van der Waals surface area contributed by atoms with E-state index in [0.717, 1.165) is 19.4 Å². The second-order valence-electron chi connectivity index (χ2n) is 3.73. The molecule has 3 heteroatoms. The Labute approximate surface area is 74.1 Å². The molecule has 3 nitrogen and oxygen atoms in total. The molecular weight excluding hydrogens is 154 g/mol. The van der Waals surface area contributed by atoms with Crippen LogP contribution in [0, 0.1) is 0 Å². The summed E-state index contributed by atoms with van der Waals surface area (Å²) in [6.45, 7) is 5.17. The van der Waals surface area contributed by atoms with Gasteiger partial charge in [-0.1, -0.05) is 13.8 Å². The Balaban J connectivity index is 2.17. The van der Waals surface area contributed by atoms with Crippen molar-refractivity contribution in [3.8, 4) is 0 Å². The fourth-order valence-corrected chi connectivity index (χ4v) is 1.55. The predicted molar refractivity (Wildman–Crippen MR) is 48.1 cm³/mol. The van der Waals surface area contributed by atoms with Crippen LogP contribution in [0.4, 0.5) is 0 Å². The normalized spacial score (nSPS) is 31.0. The van der Waals surface area contributed by atoms with E-state index in [9.17, 15) is 0 Å². The summed E-state index contributed by atoms with van der Waals surface area (Å²) in [6, 6.07) is 0.997. The Morgan fingerprint density at radius 1 is 1.50 bits per heavy atom. The third-order valence-electron chi connectivity index (χ3n) is 2.14. The number of rotatable bonds is 3. The van der Waals surface area contributed by atoms with Gasteiger partial charge in [-0.25, -0.2) is 0 Å². The quantitative estimate of drug-likeness (QED) is 0.654. The van der Waals surface area contributed by atoms with E-state index in [0.29, 0.717) is 12.1 Å². The maximum atomic E-state index is 8.81. The molecular formula is C9H19NO2. The van der Waals surface area contributed by atoms with Gasteiger partial charge in [0.2, 0.25) is 0 Å². The Hall–Kier alpha value is -0.120. The van der Waals surface area contributed by atoms with Crippen molar-refractivity contribution in [3.63, 3.8) is 0 Å². The van der Waals surface area contributed by atoms with E-state index in [-0.39, 0.29) is 12.7 Å². The summed E-state index contributed by atoms with van der Waals surface area (Å²) in [5.74, 6) is 0. The van der Waals surface area contributed by atoms with Crippen LogP contribution in [-0.4, -0.2) is 36.5 Å². The van der Waals surface area contributed by atoms with Gasteiger partial charge in [0.05, 0.1) is 19.3 Å². The topological polar surface area (TPSA) is 41.5 Å². The molecule has 0 amide bonds. The highest BCUT2D eigenvalue weighted by atomic mass is 16.5. The molecule has 1 aliphatic heterocycles. The lowest BCUT2D eigenvalue weighted by Gasteiger charge is -2.29. The van der Waals surface area contributed by atoms with E-state index in [2.05, 4.69) is 19.2 Å². The predicted octanol–water partition coefficient (Wildman–Crippen LogP) is 0.524. The molecule has 1 rings (SSSR count). The summed E-state index contributed by atoms with van der Waals surface area (Å²) in [5.41, 5.74) is 0. The van der Waals surface area contributed by atoms with Gasteiger partial charge in [0.15, 0.2) is 0 Å². The van der Waals surface area contributed by atoms with Crippen molar-refractivity contribution >= 4 is 0 Å². The van der Waals surface area contributed by atoms with Gasteiger partial charge in [-0.2, -0.15) is 0 Å². The van der Waals surface area contributed by atoms with Crippen LogP contribution in [0.3, 0.4) is 0 Å². The van der Waals surface area contributed by atoms with E-state index in [1.807, 2.05) is 0 Å². The standard InChI is InChI=1S/C9H19NO2/c1-7(2)10-8-3-4-9(5-11)12-6-8/h7-11H,3-6H2,1-2H3/t8-,9+/m0/s1. The lowest BCUT2D eigenvalue weighted by atomic mass is 10.0. The van der Waals surface area contributed by atoms with Crippen LogP contribution in [-0.2, 0) is 4.74 Å². The Kier molecular flexibility index (Phi) is 3.98. The number of hydrogen-bond acceptors (Lipinski definition) is 3. The largest absolute Gasteiger partial charge is 0.394 e. The second-order valence-corrected chi connectivity index (χ2v) is 3.73. The van der Waals surface area contributed by atoms with Gasteiger partial charge in [-0.05, 0) is 12.8 Å². The van der Waals surface area contributed by atoms with Crippen molar-refractivity contribution in [1.82, 2.24) is 5.32 Å². The molecule has 0 aromatic rings. The molecule has 0 aliphatic carbocycles. The van der Waals surface area contributed by atoms with Gasteiger partial charge in [0, 0.05) is 12.1 Å². The zero-order valence-electron chi connectivity index (χ0n) is 7.92. The molecule has 0 aromatic carbocycles. The molecule has 0 aromatic heterocycles. The van der Waals surface area contributed by atoms with Crippen LogP contribution in [0.15, 0.2) is 0 Å². The SMILES string of the molecule is CC(C)N[C@H]1CC[C@H](CO)OC1. The third kappa shape index (κ3) is 3.09. The maximum absolute atomic E-state index is 8.81. The van der Waals surface area contributed by atoms with Crippen molar-refractivity contribution < 1.29 is 9.84 Å². The van der Waals surface area contributed by atoms with Crippen LogP contribution in [0.25, 0.3) is 0 Å². The first kappa shape index (κ1) is 9.96. The van der Waals surface area contributed by atoms with Crippen LogP contribution in [0.1, 0.15) is 26.7 Å². The van der Waals surface area contributed by atoms with E-state index in [1.165, 1.54) is 0 Å². The van der Waals surface area contributed by atoms with Crippen LogP contribution in [0.2, 0.25) is 0 Å². The number of hydrogen-bond donors (Lipinski definition) is 2. The zero-order valence-corrected chi connectivity index (χ0v) is 7.92. The highest BCUT2D eigenvalue weighted by Gasteiger charge is 2.20. The summed E-state index contributed by atoms with van der Waals surface area (Å²) in [4.78, 5) is 0. The molecule has 1 fully saturated rings. The molecule has 1 heterocycles. The van der Waals surface area contributed by atoms with Gasteiger partial charge >= 0.3 is 0 Å². The van der Waals surface area contributed by atoms with Gasteiger partial charge in [-0.3, -0.25) is 0 Å². The van der Waals surface area contributed by atoms with Crippen LogP contribution >= 0.6 is 0 Å². The summed E-state index contributed by atoms with van der Waals surface area (Å²) in [7, 11) is 0. The van der Waals surface area contributed by atoms with Crippen molar-refractivity contribution in [2.75, 3.05) is 13.2 Å². The second kappa shape index (κ2) is 4.80. The number of aliphatic hydroxyl groups excluding tert-OH is 1. The van der Waals surface area contributed by atoms with Crippen molar-refractivity contribution in [3.05, 3.63) is 0 Å². The minimum absolute atomic E-state index is 0.0789. The molecule has 1 aliphatic rings. The molecule has 1 saturated heterocycles. The first-order valence-electron chi connectivity index (χ1n) is 4.71. The summed E-state index contributed by atoms with van der Waals surface area (Å²) >= 11 is 0. The summed E-state index contributed by atoms with van der Waals surface area (Å²) in [6.07, 6.45) is 2.17. The Morgan fingerprint density at radius 3 is 2.67 bits per heavy atom. The number of aliphatic hydroxyl groups is 1. The lowest BCUT2D eigenvalue weighted by Crippen LogP contribution is -2.43. The highest BCUT2D eigenvalue weighted by molar-refractivity contribution is 4.75. The highest BCUT2D eigenvalue weighted by Crippen LogP contribution is 2.13. The van der Waals surface area contributed by atoms with Crippen molar-refractivity contribution in [2.45, 2.75) is 44.9 Å². The molecule has 0 saturated carbocycles. The van der Waals surface area contributed by atoms with Gasteiger partial charge in [0.25, 0.3) is 0 Å². The average Bonchev–Trinajstić information content (AvgIpc) is 2.05. The number of nitrogens with one attached hydrogen (secondary N) is 1. The van der Waals surface area contributed by atoms with E-state index >= 15 is 0 Å². The smallest absolute Gasteiger partial charge is 0.0807 e. The molecule has 2 N–H and O–H groups in total. The summed E-state index contributed by atoms with van der Waals surface area (Å²) < 4.78 is 5.43. The van der Waals surface area contributed by atoms with Crippen LogP contribution < -0.4 is 5.32 Å². The minimum Gasteiger partial charge on any atom is -0.394 e. The van der Waals surface area contributed by atoms with E-state index < -0.39 is 0 Å². The molecule has 0 bridgehead atoms.